The third-order valence-electron chi connectivity index (χ3n) is 2.87. The van der Waals surface area contributed by atoms with Gasteiger partial charge in [0, 0.05) is 5.02 Å². The number of rotatable bonds is 6. The summed E-state index contributed by atoms with van der Waals surface area (Å²) >= 11 is 12.9. The molecular weight excluding hydrogens is 389 g/mol. The molecule has 1 aromatic heterocycles. The molecule has 2 rings (SSSR count). The van der Waals surface area contributed by atoms with Crippen LogP contribution in [0, 0.1) is 0 Å². The van der Waals surface area contributed by atoms with Gasteiger partial charge in [0.05, 0.1) is 9.90 Å². The van der Waals surface area contributed by atoms with E-state index in [9.17, 15) is 14.4 Å². The molecule has 0 saturated carbocycles. The number of hydrogen-bond donors (Lipinski definition) is 1. The Morgan fingerprint density at radius 2 is 2.00 bits per heavy atom. The summed E-state index contributed by atoms with van der Waals surface area (Å²) in [6, 6.07) is 7.81. The highest BCUT2D eigenvalue weighted by Gasteiger charge is 2.20. The van der Waals surface area contributed by atoms with E-state index in [0.717, 1.165) is 0 Å². The average Bonchev–Trinajstić information content (AvgIpc) is 3.09. The highest BCUT2D eigenvalue weighted by atomic mass is 35.5. The molecule has 1 atom stereocenters. The number of hydrogen-bond acceptors (Lipinski definition) is 6. The second kappa shape index (κ2) is 8.84. The molecule has 0 unspecified atom stereocenters. The van der Waals surface area contributed by atoms with Crippen LogP contribution in [0.4, 0.5) is 0 Å². The van der Waals surface area contributed by atoms with Crippen molar-refractivity contribution in [1.82, 2.24) is 5.32 Å². The summed E-state index contributed by atoms with van der Waals surface area (Å²) in [5, 5.41) is 4.50. The topological polar surface area (TPSA) is 81.7 Å². The Morgan fingerprint density at radius 1 is 1.24 bits per heavy atom. The summed E-state index contributed by atoms with van der Waals surface area (Å²) in [6.07, 6.45) is -1.00. The van der Waals surface area contributed by atoms with E-state index in [1.54, 1.807) is 23.6 Å². The Kier molecular flexibility index (Phi) is 6.81. The van der Waals surface area contributed by atoms with Gasteiger partial charge in [-0.2, -0.15) is 0 Å². The van der Waals surface area contributed by atoms with Crippen LogP contribution in [0.1, 0.15) is 16.6 Å². The Morgan fingerprint density at radius 3 is 2.64 bits per heavy atom. The van der Waals surface area contributed by atoms with Gasteiger partial charge < -0.3 is 9.47 Å². The maximum absolute atomic E-state index is 11.9. The Bertz CT molecular complexity index is 779. The lowest BCUT2D eigenvalue weighted by molar-refractivity contribution is -0.154. The van der Waals surface area contributed by atoms with Gasteiger partial charge in [0.2, 0.25) is 0 Å². The molecule has 1 aromatic carbocycles. The molecule has 0 aliphatic rings. The van der Waals surface area contributed by atoms with E-state index in [1.807, 2.05) is 0 Å². The Balaban J connectivity index is 1.80. The van der Waals surface area contributed by atoms with Crippen molar-refractivity contribution in [1.29, 1.82) is 0 Å². The molecule has 1 N–H and O–H groups in total. The minimum atomic E-state index is -1.00. The fraction of sp³-hybridized carbons (Fsp3) is 0.188. The van der Waals surface area contributed by atoms with E-state index in [0.29, 0.717) is 9.90 Å². The van der Waals surface area contributed by atoms with Crippen LogP contribution in [-0.2, 0) is 14.3 Å². The van der Waals surface area contributed by atoms with Crippen LogP contribution >= 0.6 is 34.5 Å². The van der Waals surface area contributed by atoms with Crippen molar-refractivity contribution in [3.8, 4) is 5.75 Å². The molecule has 0 aliphatic heterocycles. The zero-order chi connectivity index (χ0) is 18.4. The van der Waals surface area contributed by atoms with Crippen molar-refractivity contribution in [2.75, 3.05) is 6.61 Å². The number of halogens is 2. The second-order valence-corrected chi connectivity index (χ2v) is 6.59. The number of carbonyl (C=O) groups is 3. The van der Waals surface area contributed by atoms with Gasteiger partial charge in [-0.25, -0.2) is 4.79 Å². The van der Waals surface area contributed by atoms with Crippen LogP contribution in [0.3, 0.4) is 0 Å². The van der Waals surface area contributed by atoms with E-state index in [-0.39, 0.29) is 10.8 Å². The molecule has 0 fully saturated rings. The van der Waals surface area contributed by atoms with Gasteiger partial charge >= 0.3 is 5.97 Å². The maximum atomic E-state index is 11.9. The van der Waals surface area contributed by atoms with Crippen molar-refractivity contribution in [2.24, 2.45) is 0 Å². The van der Waals surface area contributed by atoms with Gasteiger partial charge in [-0.15, -0.1) is 11.3 Å². The van der Waals surface area contributed by atoms with Crippen molar-refractivity contribution in [3.05, 3.63) is 50.6 Å². The lowest BCUT2D eigenvalue weighted by Crippen LogP contribution is -2.35. The third-order valence-corrected chi connectivity index (χ3v) is 4.27. The Labute approximate surface area is 157 Å². The molecule has 9 heteroatoms. The molecule has 0 bridgehead atoms. The predicted octanol–water partition coefficient (Wildman–Crippen LogP) is 3.32. The molecule has 6 nitrogen and oxygen atoms in total. The van der Waals surface area contributed by atoms with Gasteiger partial charge in [0.15, 0.2) is 12.7 Å². The number of thiophene rings is 1. The first-order valence-corrected chi connectivity index (χ1v) is 8.66. The van der Waals surface area contributed by atoms with Crippen LogP contribution in [0.5, 0.6) is 5.75 Å². The van der Waals surface area contributed by atoms with E-state index < -0.39 is 30.5 Å². The zero-order valence-electron chi connectivity index (χ0n) is 13.0. The molecule has 0 saturated heterocycles. The number of benzene rings is 1. The molecule has 2 amide bonds. The van der Waals surface area contributed by atoms with Crippen LogP contribution in [0.2, 0.25) is 10.0 Å². The normalized spacial score (nSPS) is 11.5. The number of imide groups is 1. The van der Waals surface area contributed by atoms with E-state index >= 15 is 0 Å². The number of nitrogens with one attached hydrogen (secondary N) is 1. The molecule has 0 aliphatic carbocycles. The molecule has 0 radical (unpaired) electrons. The third kappa shape index (κ3) is 5.74. The minimum absolute atomic E-state index is 0.242. The van der Waals surface area contributed by atoms with Crippen LogP contribution in [0.15, 0.2) is 35.7 Å². The summed E-state index contributed by atoms with van der Waals surface area (Å²) < 4.78 is 10.2. The van der Waals surface area contributed by atoms with Crippen molar-refractivity contribution >= 4 is 52.3 Å². The van der Waals surface area contributed by atoms with Crippen molar-refractivity contribution < 1.29 is 23.9 Å². The standard InChI is InChI=1S/C16H13Cl2NO5S/c1-9(24-12-5-4-10(17)7-11(12)18)16(22)23-8-14(20)19-15(21)13-3-2-6-25-13/h2-7,9H,8H2,1H3,(H,19,20,21)/t9-/m0/s1. The Hall–Kier alpha value is -2.09. The second-order valence-electron chi connectivity index (χ2n) is 4.80. The quantitative estimate of drug-likeness (QED) is 0.750. The van der Waals surface area contributed by atoms with Gasteiger partial charge in [0.25, 0.3) is 11.8 Å². The van der Waals surface area contributed by atoms with E-state index in [1.165, 1.54) is 30.4 Å². The van der Waals surface area contributed by atoms with Crippen LogP contribution in [0.25, 0.3) is 0 Å². The molecule has 2 aromatic rings. The lowest BCUT2D eigenvalue weighted by atomic mass is 10.3. The summed E-state index contributed by atoms with van der Waals surface area (Å²) in [5.74, 6) is -1.80. The molecule has 132 valence electrons. The molecular formula is C16H13Cl2NO5S. The van der Waals surface area contributed by atoms with E-state index in [2.05, 4.69) is 5.32 Å². The predicted molar refractivity (Wildman–Crippen MR) is 94.3 cm³/mol. The fourth-order valence-corrected chi connectivity index (χ4v) is 2.77. The number of esters is 1. The first kappa shape index (κ1) is 19.2. The number of amides is 2. The van der Waals surface area contributed by atoms with Gasteiger partial charge in [-0.05, 0) is 36.6 Å². The molecule has 25 heavy (non-hydrogen) atoms. The zero-order valence-corrected chi connectivity index (χ0v) is 15.3. The van der Waals surface area contributed by atoms with Crippen molar-refractivity contribution in [2.45, 2.75) is 13.0 Å². The van der Waals surface area contributed by atoms with E-state index in [4.69, 9.17) is 32.7 Å². The average molecular weight is 402 g/mol. The SMILES string of the molecule is C[C@H](Oc1ccc(Cl)cc1Cl)C(=O)OCC(=O)NC(=O)c1cccs1. The van der Waals surface area contributed by atoms with Crippen LogP contribution < -0.4 is 10.1 Å². The first-order chi connectivity index (χ1) is 11.9. The monoisotopic (exact) mass is 401 g/mol. The summed E-state index contributed by atoms with van der Waals surface area (Å²) in [4.78, 5) is 35.6. The largest absolute Gasteiger partial charge is 0.477 e. The van der Waals surface area contributed by atoms with Gasteiger partial charge in [0.1, 0.15) is 5.75 Å². The summed E-state index contributed by atoms with van der Waals surface area (Å²) in [5.41, 5.74) is 0. The van der Waals surface area contributed by atoms with Crippen molar-refractivity contribution in [3.63, 3.8) is 0 Å². The number of ether oxygens (including phenoxy) is 2. The summed E-state index contributed by atoms with van der Waals surface area (Å²) in [7, 11) is 0. The van der Waals surface area contributed by atoms with Crippen LogP contribution in [-0.4, -0.2) is 30.5 Å². The minimum Gasteiger partial charge on any atom is -0.477 e. The fourth-order valence-electron chi connectivity index (χ4n) is 1.70. The maximum Gasteiger partial charge on any atom is 0.347 e. The highest BCUT2D eigenvalue weighted by Crippen LogP contribution is 2.28. The lowest BCUT2D eigenvalue weighted by Gasteiger charge is -2.14. The highest BCUT2D eigenvalue weighted by molar-refractivity contribution is 7.12. The molecule has 0 spiro atoms. The smallest absolute Gasteiger partial charge is 0.347 e. The first-order valence-electron chi connectivity index (χ1n) is 7.03. The van der Waals surface area contributed by atoms with Gasteiger partial charge in [-0.3, -0.25) is 14.9 Å². The number of carbonyl (C=O) groups excluding carboxylic acids is 3. The summed E-state index contributed by atoms with van der Waals surface area (Å²) in [6.45, 7) is 0.847. The van der Waals surface area contributed by atoms with Gasteiger partial charge in [-0.1, -0.05) is 29.3 Å². The molecule has 1 heterocycles.